The minimum atomic E-state index is -0.674. The predicted octanol–water partition coefficient (Wildman–Crippen LogP) is 1.07. The summed E-state index contributed by atoms with van der Waals surface area (Å²) in [4.78, 5) is 42.5. The van der Waals surface area contributed by atoms with Crippen molar-refractivity contribution in [2.45, 2.75) is 51.9 Å². The van der Waals surface area contributed by atoms with Crippen molar-refractivity contribution < 1.29 is 28.7 Å². The highest BCUT2D eigenvalue weighted by atomic mass is 35.5. The van der Waals surface area contributed by atoms with Crippen molar-refractivity contribution in [2.75, 3.05) is 19.4 Å². The molecule has 0 aliphatic carbocycles. The highest BCUT2D eigenvalue weighted by Gasteiger charge is 2.22. The smallest absolute Gasteiger partial charge is 0.317 e. The van der Waals surface area contributed by atoms with Crippen LogP contribution in [0.2, 0.25) is 5.02 Å². The average Bonchev–Trinajstić information content (AvgIpc) is 2.87. The van der Waals surface area contributed by atoms with E-state index in [4.69, 9.17) is 26.9 Å². The van der Waals surface area contributed by atoms with Crippen LogP contribution in [-0.2, 0) is 38.6 Å². The molecule has 0 aliphatic heterocycles. The summed E-state index contributed by atoms with van der Waals surface area (Å²) in [6.07, 6.45) is 2.46. The Labute approximate surface area is 226 Å². The minimum Gasteiger partial charge on any atom is -0.462 e. The van der Waals surface area contributed by atoms with Crippen molar-refractivity contribution in [1.82, 2.24) is 15.4 Å². The molecular weight excluding hydrogens is 518 g/mol. The molecule has 2 rings (SSSR count). The molecule has 0 saturated heterocycles. The minimum absolute atomic E-state index is 0.0367. The molecule has 1 aromatic carbocycles. The fourth-order valence-electron chi connectivity index (χ4n) is 3.37. The Morgan fingerprint density at radius 1 is 1.14 bits per heavy atom. The van der Waals surface area contributed by atoms with E-state index >= 15 is 0 Å². The molecule has 0 bridgehead atoms. The van der Waals surface area contributed by atoms with E-state index in [1.165, 1.54) is 0 Å². The summed E-state index contributed by atoms with van der Waals surface area (Å²) < 4.78 is 9.77. The summed E-state index contributed by atoms with van der Waals surface area (Å²) >= 11 is 7.13. The number of amides is 2. The molecule has 0 radical (unpaired) electrons. The molecule has 1 heterocycles. The second-order valence-electron chi connectivity index (χ2n) is 8.35. The van der Waals surface area contributed by atoms with Crippen LogP contribution in [0.1, 0.15) is 37.1 Å². The molecule has 1 aromatic heterocycles. The average molecular weight is 553 g/mol. The van der Waals surface area contributed by atoms with Crippen molar-refractivity contribution in [3.05, 3.63) is 64.4 Å². The third kappa shape index (κ3) is 11.0. The van der Waals surface area contributed by atoms with Crippen molar-refractivity contribution >= 4 is 41.3 Å². The Morgan fingerprint density at radius 3 is 2.62 bits per heavy atom. The Morgan fingerprint density at radius 2 is 1.92 bits per heavy atom. The highest BCUT2D eigenvalue weighted by Crippen LogP contribution is 2.15. The second-order valence-corrected chi connectivity index (χ2v) is 9.60. The topological polar surface area (TPSA) is 136 Å². The third-order valence-electron chi connectivity index (χ3n) is 5.18. The van der Waals surface area contributed by atoms with Crippen LogP contribution in [-0.4, -0.2) is 49.3 Å². The lowest BCUT2D eigenvalue weighted by atomic mass is 10.1. The first-order valence-electron chi connectivity index (χ1n) is 11.9. The van der Waals surface area contributed by atoms with E-state index in [1.807, 2.05) is 24.3 Å². The Bertz CT molecular complexity index is 1060. The van der Waals surface area contributed by atoms with Crippen molar-refractivity contribution in [3.8, 4) is 0 Å². The van der Waals surface area contributed by atoms with Gasteiger partial charge in [0.05, 0.1) is 18.7 Å². The van der Waals surface area contributed by atoms with Crippen LogP contribution in [0.4, 0.5) is 0 Å². The fourth-order valence-corrected chi connectivity index (χ4v) is 4.26. The van der Waals surface area contributed by atoms with Crippen molar-refractivity contribution in [2.24, 2.45) is 5.73 Å². The highest BCUT2D eigenvalue weighted by molar-refractivity contribution is 7.98. The van der Waals surface area contributed by atoms with E-state index < -0.39 is 6.04 Å². The summed E-state index contributed by atoms with van der Waals surface area (Å²) in [6, 6.07) is 10.2. The molecule has 202 valence electrons. The number of halogens is 1. The molecule has 5 N–H and O–H groups in total. The van der Waals surface area contributed by atoms with Crippen LogP contribution in [0.25, 0.3) is 0 Å². The number of nitrogens with zero attached hydrogens (tertiary/aromatic N) is 1. The van der Waals surface area contributed by atoms with Gasteiger partial charge in [-0.1, -0.05) is 29.6 Å². The molecule has 0 spiro atoms. The summed E-state index contributed by atoms with van der Waals surface area (Å²) in [5, 5.41) is 5.98. The number of nitrogens with one attached hydrogen (secondary N) is 3. The number of esters is 1. The Hall–Kier alpha value is -2.86. The quantitative estimate of drug-likeness (QED) is 0.146. The van der Waals surface area contributed by atoms with Gasteiger partial charge in [0.15, 0.2) is 0 Å². The first kappa shape index (κ1) is 30.4. The molecule has 37 heavy (non-hydrogen) atoms. The van der Waals surface area contributed by atoms with Crippen LogP contribution in [0, 0.1) is 0 Å². The van der Waals surface area contributed by atoms with E-state index in [9.17, 15) is 14.4 Å². The first-order valence-corrected chi connectivity index (χ1v) is 13.2. The number of carbonyl (C=O) groups is 3. The number of aryl methyl sites for hydroxylation is 1. The second kappa shape index (κ2) is 16.1. The van der Waals surface area contributed by atoms with Gasteiger partial charge in [-0.15, -0.1) is 0 Å². The SMILES string of the molecule is CO[n+]1ccccc1CCC(NSCC(=O)OC(C)C)C(=O)NCC(=O)NCc1cc(Cl)ccc1CN. The normalized spacial score (nSPS) is 11.6. The molecule has 2 amide bonds. The van der Waals surface area contributed by atoms with Gasteiger partial charge in [-0.2, -0.15) is 0 Å². The zero-order valence-electron chi connectivity index (χ0n) is 21.3. The molecule has 0 fully saturated rings. The number of ether oxygens (including phenoxy) is 1. The maximum atomic E-state index is 12.9. The lowest BCUT2D eigenvalue weighted by molar-refractivity contribution is -0.890. The Balaban J connectivity index is 1.94. The van der Waals surface area contributed by atoms with Gasteiger partial charge < -0.3 is 21.1 Å². The van der Waals surface area contributed by atoms with Gasteiger partial charge >= 0.3 is 5.97 Å². The van der Waals surface area contributed by atoms with Gasteiger partial charge in [-0.25, -0.2) is 0 Å². The number of rotatable bonds is 15. The van der Waals surface area contributed by atoms with Crippen LogP contribution in [0.5, 0.6) is 0 Å². The van der Waals surface area contributed by atoms with E-state index in [2.05, 4.69) is 15.4 Å². The third-order valence-corrected chi connectivity index (χ3v) is 6.24. The number of carbonyl (C=O) groups excluding carboxylic acids is 3. The van der Waals surface area contributed by atoms with Crippen LogP contribution in [0.15, 0.2) is 42.6 Å². The fraction of sp³-hybridized carbons (Fsp3) is 0.440. The standard InChI is InChI=1S/C25H34ClN5O5S/c1-17(2)36-24(33)16-37-30-22(10-9-21-6-4-5-11-31(21)35-3)25(34)29-15-23(32)28-14-19-12-20(26)8-7-18(19)13-27/h4-8,11-12,17,22,30H,9-10,13-16,27H2,1-3H3,(H-,28,29,32,34)/p+1. The Kier molecular flexibility index (Phi) is 13.2. The summed E-state index contributed by atoms with van der Waals surface area (Å²) in [6.45, 7) is 3.89. The van der Waals surface area contributed by atoms with Gasteiger partial charge in [0.1, 0.15) is 12.9 Å². The van der Waals surface area contributed by atoms with Crippen LogP contribution in [0.3, 0.4) is 0 Å². The van der Waals surface area contributed by atoms with E-state index in [-0.39, 0.29) is 42.7 Å². The lowest BCUT2D eigenvalue weighted by Crippen LogP contribution is -2.47. The molecule has 10 nitrogen and oxygen atoms in total. The summed E-state index contributed by atoms with van der Waals surface area (Å²) in [5.74, 6) is -1.08. The van der Waals surface area contributed by atoms with Crippen LogP contribution >= 0.6 is 23.5 Å². The van der Waals surface area contributed by atoms with E-state index in [1.54, 1.807) is 44.0 Å². The van der Waals surface area contributed by atoms with Crippen LogP contribution < -0.4 is 30.7 Å². The summed E-state index contributed by atoms with van der Waals surface area (Å²) in [5.41, 5.74) is 8.30. The van der Waals surface area contributed by atoms with E-state index in [0.29, 0.717) is 24.4 Å². The lowest BCUT2D eigenvalue weighted by Gasteiger charge is -2.17. The zero-order chi connectivity index (χ0) is 27.2. The first-order chi connectivity index (χ1) is 17.7. The molecule has 1 atom stereocenters. The van der Waals surface area contributed by atoms with Crippen molar-refractivity contribution in [3.63, 3.8) is 0 Å². The maximum absolute atomic E-state index is 12.9. The summed E-state index contributed by atoms with van der Waals surface area (Å²) in [7, 11) is 1.56. The van der Waals surface area contributed by atoms with E-state index in [0.717, 1.165) is 28.8 Å². The largest absolute Gasteiger partial charge is 0.462 e. The molecule has 0 aliphatic rings. The molecule has 0 saturated carbocycles. The number of pyridine rings is 1. The zero-order valence-corrected chi connectivity index (χ0v) is 22.9. The number of nitrogens with two attached hydrogens (primary N) is 1. The number of aromatic nitrogens is 1. The van der Waals surface area contributed by atoms with Gasteiger partial charge in [0.25, 0.3) is 0 Å². The molecular formula is C25H35ClN5O5S+. The van der Waals surface area contributed by atoms with Gasteiger partial charge in [-0.05, 0) is 49.6 Å². The number of hydrogen-bond donors (Lipinski definition) is 4. The van der Waals surface area contributed by atoms with Gasteiger partial charge in [-0.3, -0.25) is 23.9 Å². The maximum Gasteiger partial charge on any atom is 0.317 e. The van der Waals surface area contributed by atoms with Gasteiger partial charge in [0.2, 0.25) is 23.7 Å². The number of hydrogen-bond acceptors (Lipinski definition) is 8. The monoisotopic (exact) mass is 552 g/mol. The molecule has 2 aromatic rings. The predicted molar refractivity (Wildman–Crippen MR) is 142 cm³/mol. The van der Waals surface area contributed by atoms with Crippen molar-refractivity contribution in [1.29, 1.82) is 0 Å². The molecule has 1 unspecified atom stereocenters. The molecule has 12 heteroatoms. The number of benzene rings is 1. The van der Waals surface area contributed by atoms with Gasteiger partial charge in [0, 0.05) is 41.4 Å².